The summed E-state index contributed by atoms with van der Waals surface area (Å²) in [5.74, 6) is -1.39. The Morgan fingerprint density at radius 1 is 0.833 bits per heavy atom. The minimum absolute atomic E-state index is 0.122. The molecule has 0 aromatic heterocycles. The maximum atomic E-state index is 11.5. The highest BCUT2D eigenvalue weighted by molar-refractivity contribution is 5.85. The molecule has 0 heterocycles. The summed E-state index contributed by atoms with van der Waals surface area (Å²) < 4.78 is 0. The lowest BCUT2D eigenvalue weighted by Crippen LogP contribution is -2.47. The van der Waals surface area contributed by atoms with Crippen molar-refractivity contribution in [3.8, 4) is 0 Å². The Hall–Kier alpha value is -1.46. The largest absolute Gasteiger partial charge is 0.368 e. The van der Waals surface area contributed by atoms with E-state index in [0.717, 1.165) is 0 Å². The minimum Gasteiger partial charge on any atom is -0.368 e. The Bertz CT molecular complexity index is 331. The molecular weight excluding hydrogens is 232 g/mol. The lowest BCUT2D eigenvalue weighted by Gasteiger charge is -2.29. The lowest BCUT2D eigenvalue weighted by atomic mass is 9.87. The predicted octanol–water partition coefficient (Wildman–Crippen LogP) is 1.24. The van der Waals surface area contributed by atoms with Crippen LogP contribution < -0.4 is 11.5 Å². The molecule has 6 heteroatoms. The van der Waals surface area contributed by atoms with Gasteiger partial charge in [0.25, 0.3) is 0 Å². The third-order valence-corrected chi connectivity index (χ3v) is 3.71. The summed E-state index contributed by atoms with van der Waals surface area (Å²) >= 11 is 0. The molecule has 6 nitrogen and oxygen atoms in total. The van der Waals surface area contributed by atoms with Gasteiger partial charge in [-0.25, -0.2) is 0 Å². The Morgan fingerprint density at radius 3 is 1.17 bits per heavy atom. The van der Waals surface area contributed by atoms with E-state index < -0.39 is 22.9 Å². The number of hydrogen-bond donors (Lipinski definition) is 2. The van der Waals surface area contributed by atoms with Gasteiger partial charge in [-0.05, 0) is 25.7 Å². The van der Waals surface area contributed by atoms with Crippen LogP contribution in [0.3, 0.4) is 0 Å². The zero-order chi connectivity index (χ0) is 14.7. The number of amides is 2. The average molecular weight is 256 g/mol. The molecule has 0 aliphatic carbocycles. The van der Waals surface area contributed by atoms with Crippen molar-refractivity contribution in [3.63, 3.8) is 0 Å². The summed E-state index contributed by atoms with van der Waals surface area (Å²) in [6.45, 7) is 10.5. The molecule has 0 saturated heterocycles. The van der Waals surface area contributed by atoms with Crippen LogP contribution in [0.25, 0.3) is 0 Å². The van der Waals surface area contributed by atoms with E-state index in [-0.39, 0.29) is 11.8 Å². The molecule has 0 rings (SSSR count). The SMILES string of the molecule is CC(C)C(C)(N=NC(C)(C(N)=O)C(C)C)C(N)=O. The summed E-state index contributed by atoms with van der Waals surface area (Å²) in [6, 6.07) is 0. The second kappa shape index (κ2) is 5.46. The first-order valence-corrected chi connectivity index (χ1v) is 6.02. The molecule has 18 heavy (non-hydrogen) atoms. The van der Waals surface area contributed by atoms with E-state index in [2.05, 4.69) is 10.2 Å². The number of carbonyl (C=O) groups is 2. The van der Waals surface area contributed by atoms with E-state index in [1.54, 1.807) is 13.8 Å². The van der Waals surface area contributed by atoms with Crippen LogP contribution in [0.2, 0.25) is 0 Å². The van der Waals surface area contributed by atoms with Crippen LogP contribution in [0.5, 0.6) is 0 Å². The van der Waals surface area contributed by atoms with Crippen LogP contribution in [0.1, 0.15) is 41.5 Å². The van der Waals surface area contributed by atoms with Gasteiger partial charge >= 0.3 is 0 Å². The van der Waals surface area contributed by atoms with Crippen molar-refractivity contribution in [2.45, 2.75) is 52.6 Å². The number of azo groups is 1. The van der Waals surface area contributed by atoms with Gasteiger partial charge in [-0.15, -0.1) is 0 Å². The molecule has 0 spiro atoms. The van der Waals surface area contributed by atoms with E-state index in [1.165, 1.54) is 0 Å². The van der Waals surface area contributed by atoms with E-state index in [0.29, 0.717) is 0 Å². The van der Waals surface area contributed by atoms with Crippen molar-refractivity contribution in [3.05, 3.63) is 0 Å². The molecular formula is C12H24N4O2. The third kappa shape index (κ3) is 3.05. The fourth-order valence-corrected chi connectivity index (χ4v) is 1.11. The summed E-state index contributed by atoms with van der Waals surface area (Å²) in [5.41, 5.74) is 8.42. The zero-order valence-corrected chi connectivity index (χ0v) is 12.0. The highest BCUT2D eigenvalue weighted by atomic mass is 16.2. The molecule has 104 valence electrons. The quantitative estimate of drug-likeness (QED) is 0.697. The molecule has 2 atom stereocenters. The number of nitrogens with two attached hydrogens (primary N) is 2. The topological polar surface area (TPSA) is 111 Å². The highest BCUT2D eigenvalue weighted by Gasteiger charge is 2.39. The van der Waals surface area contributed by atoms with E-state index >= 15 is 0 Å². The van der Waals surface area contributed by atoms with Crippen molar-refractivity contribution in [2.75, 3.05) is 0 Å². The lowest BCUT2D eigenvalue weighted by molar-refractivity contribution is -0.126. The number of hydrogen-bond acceptors (Lipinski definition) is 4. The molecule has 2 unspecified atom stereocenters. The number of carbonyl (C=O) groups excluding carboxylic acids is 2. The van der Waals surface area contributed by atoms with E-state index in [4.69, 9.17) is 11.5 Å². The van der Waals surface area contributed by atoms with Crippen LogP contribution >= 0.6 is 0 Å². The first kappa shape index (κ1) is 16.5. The molecule has 4 N–H and O–H groups in total. The van der Waals surface area contributed by atoms with Gasteiger partial charge in [0.1, 0.15) is 0 Å². The van der Waals surface area contributed by atoms with Crippen molar-refractivity contribution in [2.24, 2.45) is 33.5 Å². The zero-order valence-electron chi connectivity index (χ0n) is 12.0. The van der Waals surface area contributed by atoms with Gasteiger partial charge in [0, 0.05) is 0 Å². The Kier molecular flexibility index (Phi) is 5.01. The second-order valence-electron chi connectivity index (χ2n) is 5.53. The Morgan fingerprint density at radius 2 is 1.06 bits per heavy atom. The highest BCUT2D eigenvalue weighted by Crippen LogP contribution is 2.27. The predicted molar refractivity (Wildman–Crippen MR) is 69.7 cm³/mol. The fourth-order valence-electron chi connectivity index (χ4n) is 1.11. The van der Waals surface area contributed by atoms with Gasteiger partial charge in [0.2, 0.25) is 11.8 Å². The maximum Gasteiger partial charge on any atom is 0.247 e. The van der Waals surface area contributed by atoms with Crippen LogP contribution in [-0.2, 0) is 9.59 Å². The minimum atomic E-state index is -1.13. The van der Waals surface area contributed by atoms with Gasteiger partial charge < -0.3 is 11.5 Å². The molecule has 0 aliphatic heterocycles. The summed E-state index contributed by atoms with van der Waals surface area (Å²) in [4.78, 5) is 22.9. The molecule has 0 aromatic carbocycles. The first-order valence-electron chi connectivity index (χ1n) is 6.02. The van der Waals surface area contributed by atoms with Crippen molar-refractivity contribution >= 4 is 11.8 Å². The number of primary amides is 2. The maximum absolute atomic E-state index is 11.5. The number of rotatable bonds is 6. The van der Waals surface area contributed by atoms with Crippen molar-refractivity contribution < 1.29 is 9.59 Å². The van der Waals surface area contributed by atoms with Gasteiger partial charge in [0.15, 0.2) is 11.1 Å². The normalized spacial score (nSPS) is 18.9. The van der Waals surface area contributed by atoms with E-state index in [1.807, 2.05) is 27.7 Å². The summed E-state index contributed by atoms with van der Waals surface area (Å²) in [6.07, 6.45) is 0. The second-order valence-corrected chi connectivity index (χ2v) is 5.53. The summed E-state index contributed by atoms with van der Waals surface area (Å²) in [5, 5.41) is 8.04. The molecule has 0 aliphatic rings. The van der Waals surface area contributed by atoms with Crippen LogP contribution in [0.4, 0.5) is 0 Å². The van der Waals surface area contributed by atoms with Crippen LogP contribution in [-0.4, -0.2) is 22.9 Å². The molecule has 2 amide bonds. The molecule has 0 bridgehead atoms. The molecule has 0 fully saturated rings. The third-order valence-electron chi connectivity index (χ3n) is 3.71. The number of nitrogens with zero attached hydrogens (tertiary/aromatic N) is 2. The van der Waals surface area contributed by atoms with Crippen LogP contribution in [0.15, 0.2) is 10.2 Å². The van der Waals surface area contributed by atoms with Crippen LogP contribution in [0, 0.1) is 11.8 Å². The van der Waals surface area contributed by atoms with Gasteiger partial charge in [-0.1, -0.05) is 27.7 Å². The molecule has 0 aromatic rings. The Balaban J connectivity index is 5.45. The van der Waals surface area contributed by atoms with Crippen molar-refractivity contribution in [1.29, 1.82) is 0 Å². The standard InChI is InChI=1S/C12H24N4O2/c1-7(2)11(5,9(13)17)15-16-12(6,8(3)4)10(14)18/h7-8H,1-6H3,(H2,13,17)(H2,14,18). The summed E-state index contributed by atoms with van der Waals surface area (Å²) in [7, 11) is 0. The first-order chi connectivity index (χ1) is 7.98. The van der Waals surface area contributed by atoms with Gasteiger partial charge in [-0.3, -0.25) is 9.59 Å². The molecule has 0 radical (unpaired) electrons. The van der Waals surface area contributed by atoms with Gasteiger partial charge in [0.05, 0.1) is 0 Å². The monoisotopic (exact) mass is 256 g/mol. The smallest absolute Gasteiger partial charge is 0.247 e. The van der Waals surface area contributed by atoms with Gasteiger partial charge in [-0.2, -0.15) is 10.2 Å². The van der Waals surface area contributed by atoms with Crippen molar-refractivity contribution in [1.82, 2.24) is 0 Å². The Labute approximate surface area is 108 Å². The van der Waals surface area contributed by atoms with E-state index in [9.17, 15) is 9.59 Å². The average Bonchev–Trinajstić information content (AvgIpc) is 2.23. The molecule has 0 saturated carbocycles. The fraction of sp³-hybridized carbons (Fsp3) is 0.833.